The summed E-state index contributed by atoms with van der Waals surface area (Å²) in [6, 6.07) is 9.16. The highest BCUT2D eigenvalue weighted by molar-refractivity contribution is 7.21. The number of thiophene rings is 1. The van der Waals surface area contributed by atoms with Crippen molar-refractivity contribution in [2.24, 2.45) is 0 Å². The summed E-state index contributed by atoms with van der Waals surface area (Å²) >= 11 is 1.07. The van der Waals surface area contributed by atoms with Gasteiger partial charge in [0.25, 0.3) is 0 Å². The van der Waals surface area contributed by atoms with Crippen LogP contribution in [0.15, 0.2) is 36.5 Å². The van der Waals surface area contributed by atoms with Gasteiger partial charge in [-0.1, -0.05) is 26.0 Å². The molecule has 0 aliphatic carbocycles. The van der Waals surface area contributed by atoms with E-state index in [2.05, 4.69) is 24.1 Å². The number of rotatable bonds is 3. The maximum Gasteiger partial charge on any atom is 0.348 e. The van der Waals surface area contributed by atoms with Crippen molar-refractivity contribution in [2.75, 3.05) is 10.2 Å². The molecule has 3 aromatic rings. The van der Waals surface area contributed by atoms with Crippen LogP contribution in [-0.4, -0.2) is 22.1 Å². The standard InChI is InChI=1S/C18H15N3O3S/c1-9(2)10-4-3-5-11(8-10)21-12-6-7-19-16-13(12)14(20-18(21)24)15(25-16)17(22)23/h3-9H,1-2H3,(H,20,24)(H,22,23). The highest BCUT2D eigenvalue weighted by atomic mass is 32.1. The molecule has 0 saturated heterocycles. The fourth-order valence-electron chi connectivity index (χ4n) is 3.01. The Labute approximate surface area is 147 Å². The van der Waals surface area contributed by atoms with Gasteiger partial charge >= 0.3 is 12.0 Å². The summed E-state index contributed by atoms with van der Waals surface area (Å²) in [4.78, 5) is 30.8. The third kappa shape index (κ3) is 2.35. The molecule has 1 aromatic carbocycles. The minimum absolute atomic E-state index is 0.0962. The van der Waals surface area contributed by atoms with E-state index >= 15 is 0 Å². The van der Waals surface area contributed by atoms with E-state index in [0.29, 0.717) is 27.5 Å². The van der Waals surface area contributed by atoms with Crippen molar-refractivity contribution in [3.63, 3.8) is 0 Å². The maximum atomic E-state index is 12.8. The molecule has 0 atom stereocenters. The lowest BCUT2D eigenvalue weighted by Crippen LogP contribution is -2.34. The summed E-state index contributed by atoms with van der Waals surface area (Å²) in [5, 5.41) is 12.8. The van der Waals surface area contributed by atoms with Crippen LogP contribution in [0.4, 0.5) is 21.9 Å². The van der Waals surface area contributed by atoms with Crippen LogP contribution in [0.2, 0.25) is 0 Å². The van der Waals surface area contributed by atoms with Gasteiger partial charge in [0.15, 0.2) is 0 Å². The average Bonchev–Trinajstić information content (AvgIpc) is 2.95. The summed E-state index contributed by atoms with van der Waals surface area (Å²) in [6.45, 7) is 4.19. The molecule has 2 aromatic heterocycles. The largest absolute Gasteiger partial charge is 0.477 e. The van der Waals surface area contributed by atoms with E-state index in [9.17, 15) is 14.7 Å². The number of aromatic carboxylic acids is 1. The monoisotopic (exact) mass is 353 g/mol. The van der Waals surface area contributed by atoms with Crippen LogP contribution in [0, 0.1) is 0 Å². The Kier molecular flexibility index (Phi) is 3.47. The van der Waals surface area contributed by atoms with Crippen LogP contribution < -0.4 is 10.2 Å². The number of aromatic nitrogens is 1. The molecular formula is C18H15N3O3S. The summed E-state index contributed by atoms with van der Waals surface area (Å²) < 4.78 is 0. The fraction of sp³-hybridized carbons (Fsp3) is 0.167. The van der Waals surface area contributed by atoms with Crippen molar-refractivity contribution in [3.05, 3.63) is 47.0 Å². The zero-order valence-electron chi connectivity index (χ0n) is 13.6. The molecule has 0 fully saturated rings. The van der Waals surface area contributed by atoms with Crippen LogP contribution in [0.25, 0.3) is 10.2 Å². The smallest absolute Gasteiger partial charge is 0.348 e. The number of pyridine rings is 1. The van der Waals surface area contributed by atoms with E-state index in [-0.39, 0.29) is 10.9 Å². The van der Waals surface area contributed by atoms with Gasteiger partial charge in [0, 0.05) is 6.20 Å². The van der Waals surface area contributed by atoms with Gasteiger partial charge in [0.1, 0.15) is 9.71 Å². The van der Waals surface area contributed by atoms with Crippen molar-refractivity contribution >= 4 is 50.6 Å². The lowest BCUT2D eigenvalue weighted by Gasteiger charge is -2.28. The first-order valence-electron chi connectivity index (χ1n) is 7.83. The second-order valence-corrected chi connectivity index (χ2v) is 7.14. The van der Waals surface area contributed by atoms with E-state index in [0.717, 1.165) is 22.6 Å². The van der Waals surface area contributed by atoms with E-state index in [1.54, 1.807) is 17.2 Å². The maximum absolute atomic E-state index is 12.8. The normalized spacial score (nSPS) is 13.4. The first kappa shape index (κ1) is 15.6. The predicted octanol–water partition coefficient (Wildman–Crippen LogP) is 4.80. The minimum atomic E-state index is -1.07. The highest BCUT2D eigenvalue weighted by Gasteiger charge is 2.32. The first-order valence-corrected chi connectivity index (χ1v) is 8.65. The van der Waals surface area contributed by atoms with Crippen LogP contribution >= 0.6 is 11.3 Å². The molecule has 25 heavy (non-hydrogen) atoms. The summed E-state index contributed by atoms with van der Waals surface area (Å²) in [5.74, 6) is -0.736. The molecule has 7 heteroatoms. The topological polar surface area (TPSA) is 82.5 Å². The molecule has 126 valence electrons. The summed E-state index contributed by atoms with van der Waals surface area (Å²) in [5.41, 5.74) is 2.84. The lowest BCUT2D eigenvalue weighted by molar-refractivity contribution is 0.0703. The van der Waals surface area contributed by atoms with E-state index in [1.807, 2.05) is 24.3 Å². The molecule has 0 radical (unpaired) electrons. The van der Waals surface area contributed by atoms with Crippen LogP contribution in [0.3, 0.4) is 0 Å². The minimum Gasteiger partial charge on any atom is -0.477 e. The van der Waals surface area contributed by atoms with Crippen molar-refractivity contribution in [1.29, 1.82) is 0 Å². The highest BCUT2D eigenvalue weighted by Crippen LogP contribution is 2.45. The molecule has 0 saturated carbocycles. The number of amides is 2. The Morgan fingerprint density at radius 1 is 1.32 bits per heavy atom. The number of nitrogens with zero attached hydrogens (tertiary/aromatic N) is 2. The molecule has 0 unspecified atom stereocenters. The van der Waals surface area contributed by atoms with Crippen molar-refractivity contribution in [3.8, 4) is 0 Å². The summed E-state index contributed by atoms with van der Waals surface area (Å²) in [7, 11) is 0. The lowest BCUT2D eigenvalue weighted by atomic mass is 10.0. The number of urea groups is 1. The molecule has 1 aliphatic rings. The third-order valence-corrected chi connectivity index (χ3v) is 5.32. The quantitative estimate of drug-likeness (QED) is 0.708. The number of hydrogen-bond donors (Lipinski definition) is 2. The molecule has 2 N–H and O–H groups in total. The predicted molar refractivity (Wildman–Crippen MR) is 98.3 cm³/mol. The number of hydrogen-bond acceptors (Lipinski definition) is 4. The van der Waals surface area contributed by atoms with Crippen molar-refractivity contribution in [1.82, 2.24) is 4.98 Å². The number of carboxylic acid groups (broad SMARTS) is 1. The van der Waals surface area contributed by atoms with Crippen molar-refractivity contribution in [2.45, 2.75) is 19.8 Å². The van der Waals surface area contributed by atoms with Gasteiger partial charge < -0.3 is 10.4 Å². The number of anilines is 3. The number of carbonyl (C=O) groups is 2. The molecule has 1 aliphatic heterocycles. The Morgan fingerprint density at radius 3 is 2.84 bits per heavy atom. The Bertz CT molecular complexity index is 1030. The fourth-order valence-corrected chi connectivity index (χ4v) is 3.97. The van der Waals surface area contributed by atoms with Gasteiger partial charge in [-0.3, -0.25) is 4.90 Å². The third-order valence-electron chi connectivity index (χ3n) is 4.24. The zero-order chi connectivity index (χ0) is 17.7. The molecule has 2 amide bonds. The first-order chi connectivity index (χ1) is 12.0. The van der Waals surface area contributed by atoms with Gasteiger partial charge in [-0.05, 0) is 29.7 Å². The molecule has 4 rings (SSSR count). The second kappa shape index (κ2) is 5.56. The summed E-state index contributed by atoms with van der Waals surface area (Å²) in [6.07, 6.45) is 1.60. The number of carbonyl (C=O) groups excluding carboxylic acids is 1. The zero-order valence-corrected chi connectivity index (χ0v) is 14.4. The van der Waals surface area contributed by atoms with Gasteiger partial charge in [-0.2, -0.15) is 0 Å². The second-order valence-electron chi connectivity index (χ2n) is 6.14. The van der Waals surface area contributed by atoms with Crippen molar-refractivity contribution < 1.29 is 14.7 Å². The molecule has 0 spiro atoms. The van der Waals surface area contributed by atoms with Crippen LogP contribution in [0.5, 0.6) is 0 Å². The number of benzene rings is 1. The molecule has 6 nitrogen and oxygen atoms in total. The van der Waals surface area contributed by atoms with Crippen LogP contribution in [0.1, 0.15) is 35.0 Å². The van der Waals surface area contributed by atoms with Gasteiger partial charge in [0.2, 0.25) is 0 Å². The van der Waals surface area contributed by atoms with Gasteiger partial charge in [0.05, 0.1) is 22.4 Å². The molecular weight excluding hydrogens is 338 g/mol. The van der Waals surface area contributed by atoms with Gasteiger partial charge in [-0.25, -0.2) is 14.6 Å². The van der Waals surface area contributed by atoms with E-state index in [1.165, 1.54) is 0 Å². The van der Waals surface area contributed by atoms with Gasteiger partial charge in [-0.15, -0.1) is 11.3 Å². The molecule has 3 heterocycles. The Balaban J connectivity index is 1.95. The van der Waals surface area contributed by atoms with E-state index < -0.39 is 5.97 Å². The molecule has 0 bridgehead atoms. The SMILES string of the molecule is CC(C)c1cccc(N2C(=O)Nc3c(C(=O)O)sc4nccc2c34)c1. The number of carboxylic acids is 1. The average molecular weight is 353 g/mol. The Morgan fingerprint density at radius 2 is 2.12 bits per heavy atom. The van der Waals surface area contributed by atoms with Crippen LogP contribution in [-0.2, 0) is 0 Å². The van der Waals surface area contributed by atoms with E-state index in [4.69, 9.17) is 0 Å². The number of nitrogens with one attached hydrogen (secondary N) is 1. The Hall–Kier alpha value is -2.93.